The van der Waals surface area contributed by atoms with E-state index in [2.05, 4.69) is 35.3 Å². The lowest BCUT2D eigenvalue weighted by Crippen LogP contribution is -2.07. The van der Waals surface area contributed by atoms with E-state index in [0.717, 1.165) is 36.7 Å². The molecule has 2 aromatic rings. The van der Waals surface area contributed by atoms with E-state index in [1.807, 2.05) is 23.4 Å². The minimum atomic E-state index is 0.551. The molecule has 0 radical (unpaired) electrons. The van der Waals surface area contributed by atoms with Crippen LogP contribution < -0.4 is 5.73 Å². The maximum absolute atomic E-state index is 6.17. The molecule has 0 saturated carbocycles. The number of nitrogen functional groups attached to an aromatic ring is 1. The van der Waals surface area contributed by atoms with E-state index in [0.29, 0.717) is 5.92 Å². The van der Waals surface area contributed by atoms with Gasteiger partial charge in [0.2, 0.25) is 0 Å². The first-order valence-electron chi connectivity index (χ1n) is 6.44. The summed E-state index contributed by atoms with van der Waals surface area (Å²) in [5.74, 6) is 1.27. The van der Waals surface area contributed by atoms with Crippen molar-refractivity contribution in [3.05, 3.63) is 18.9 Å². The topological polar surface area (TPSA) is 61.7 Å². The molecule has 98 valence electrons. The Kier molecular flexibility index (Phi) is 3.69. The summed E-state index contributed by atoms with van der Waals surface area (Å²) in [5, 5.41) is 0. The van der Waals surface area contributed by atoms with Crippen molar-refractivity contribution >= 4 is 5.82 Å². The molecule has 2 heterocycles. The van der Waals surface area contributed by atoms with Crippen molar-refractivity contribution in [1.29, 1.82) is 0 Å². The first kappa shape index (κ1) is 12.7. The van der Waals surface area contributed by atoms with E-state index in [4.69, 9.17) is 5.73 Å². The molecule has 5 heteroatoms. The van der Waals surface area contributed by atoms with Crippen molar-refractivity contribution in [2.75, 3.05) is 5.73 Å². The second-order valence-electron chi connectivity index (χ2n) is 5.00. The Morgan fingerprint density at radius 1 is 1.28 bits per heavy atom. The van der Waals surface area contributed by atoms with Gasteiger partial charge in [0.1, 0.15) is 11.5 Å². The molecule has 2 N–H and O–H groups in total. The minimum Gasteiger partial charge on any atom is -0.383 e. The summed E-state index contributed by atoms with van der Waals surface area (Å²) in [7, 11) is 0. The lowest BCUT2D eigenvalue weighted by atomic mass is 10.2. The van der Waals surface area contributed by atoms with Gasteiger partial charge in [0.15, 0.2) is 0 Å². The van der Waals surface area contributed by atoms with E-state index in [1.165, 1.54) is 0 Å². The average Bonchev–Trinajstić information content (AvgIpc) is 2.88. The molecule has 18 heavy (non-hydrogen) atoms. The summed E-state index contributed by atoms with van der Waals surface area (Å²) in [6.07, 6.45) is 6.54. The third-order valence-corrected chi connectivity index (χ3v) is 2.86. The standard InChI is InChI=1S/C13H21N5/c1-4-5-17-8-15-6-11(17)12-13(14)18(9-16-12)7-10(2)3/h6,8-10H,4-5,7,14H2,1-3H3. The second kappa shape index (κ2) is 5.25. The largest absolute Gasteiger partial charge is 0.383 e. The van der Waals surface area contributed by atoms with Crippen LogP contribution in [-0.2, 0) is 13.1 Å². The maximum Gasteiger partial charge on any atom is 0.133 e. The summed E-state index contributed by atoms with van der Waals surface area (Å²) >= 11 is 0. The molecule has 2 rings (SSSR count). The van der Waals surface area contributed by atoms with Crippen LogP contribution in [0, 0.1) is 5.92 Å². The number of imidazole rings is 2. The molecule has 0 aliphatic rings. The zero-order chi connectivity index (χ0) is 13.1. The van der Waals surface area contributed by atoms with E-state index >= 15 is 0 Å². The summed E-state index contributed by atoms with van der Waals surface area (Å²) in [6.45, 7) is 8.30. The fourth-order valence-electron chi connectivity index (χ4n) is 2.07. The molecule has 0 spiro atoms. The molecular weight excluding hydrogens is 226 g/mol. The Labute approximate surface area is 108 Å². The van der Waals surface area contributed by atoms with Crippen LogP contribution in [0.1, 0.15) is 27.2 Å². The summed E-state index contributed by atoms with van der Waals surface area (Å²) in [5.41, 5.74) is 8.00. The van der Waals surface area contributed by atoms with Crippen molar-refractivity contribution < 1.29 is 0 Å². The maximum atomic E-state index is 6.17. The van der Waals surface area contributed by atoms with Gasteiger partial charge in [-0.15, -0.1) is 0 Å². The predicted molar refractivity (Wildman–Crippen MR) is 73.0 cm³/mol. The highest BCUT2D eigenvalue weighted by Crippen LogP contribution is 2.24. The normalized spacial score (nSPS) is 11.3. The molecule has 0 bridgehead atoms. The molecule has 5 nitrogen and oxygen atoms in total. The third-order valence-electron chi connectivity index (χ3n) is 2.86. The zero-order valence-corrected chi connectivity index (χ0v) is 11.3. The third kappa shape index (κ3) is 2.39. The van der Waals surface area contributed by atoms with Crippen molar-refractivity contribution in [2.24, 2.45) is 5.92 Å². The predicted octanol–water partition coefficient (Wildman–Crippen LogP) is 2.39. The number of rotatable bonds is 5. The Bertz CT molecular complexity index is 509. The quantitative estimate of drug-likeness (QED) is 0.882. The highest BCUT2D eigenvalue weighted by molar-refractivity contribution is 5.67. The van der Waals surface area contributed by atoms with Gasteiger partial charge in [-0.1, -0.05) is 20.8 Å². The molecule has 0 atom stereocenters. The van der Waals surface area contributed by atoms with Crippen molar-refractivity contribution in [2.45, 2.75) is 40.3 Å². The SMILES string of the molecule is CCCn1cncc1-c1ncn(CC(C)C)c1N. The van der Waals surface area contributed by atoms with Crippen LogP contribution in [0.3, 0.4) is 0 Å². The van der Waals surface area contributed by atoms with Crippen LogP contribution in [0.4, 0.5) is 5.82 Å². The highest BCUT2D eigenvalue weighted by atomic mass is 15.1. The number of hydrogen-bond donors (Lipinski definition) is 1. The van der Waals surface area contributed by atoms with Crippen LogP contribution in [0.25, 0.3) is 11.4 Å². The van der Waals surface area contributed by atoms with Gasteiger partial charge in [0, 0.05) is 13.1 Å². The van der Waals surface area contributed by atoms with E-state index in [-0.39, 0.29) is 0 Å². The van der Waals surface area contributed by atoms with Crippen LogP contribution >= 0.6 is 0 Å². The lowest BCUT2D eigenvalue weighted by molar-refractivity contribution is 0.527. The van der Waals surface area contributed by atoms with Gasteiger partial charge in [-0.3, -0.25) is 0 Å². The van der Waals surface area contributed by atoms with Gasteiger partial charge < -0.3 is 14.9 Å². The van der Waals surface area contributed by atoms with E-state index < -0.39 is 0 Å². The van der Waals surface area contributed by atoms with Gasteiger partial charge in [-0.25, -0.2) is 9.97 Å². The number of aromatic nitrogens is 4. The smallest absolute Gasteiger partial charge is 0.133 e. The van der Waals surface area contributed by atoms with Gasteiger partial charge >= 0.3 is 0 Å². The van der Waals surface area contributed by atoms with Crippen molar-refractivity contribution in [3.8, 4) is 11.4 Å². The Morgan fingerprint density at radius 3 is 2.72 bits per heavy atom. The molecule has 0 aliphatic heterocycles. The Hall–Kier alpha value is -1.78. The molecule has 0 aliphatic carbocycles. The van der Waals surface area contributed by atoms with Crippen LogP contribution in [0.2, 0.25) is 0 Å². The van der Waals surface area contributed by atoms with Crippen LogP contribution in [-0.4, -0.2) is 19.1 Å². The fraction of sp³-hybridized carbons (Fsp3) is 0.538. The van der Waals surface area contributed by atoms with E-state index in [9.17, 15) is 0 Å². The van der Waals surface area contributed by atoms with Crippen LogP contribution in [0.15, 0.2) is 18.9 Å². The summed E-state index contributed by atoms with van der Waals surface area (Å²) < 4.78 is 4.10. The second-order valence-corrected chi connectivity index (χ2v) is 5.00. The van der Waals surface area contributed by atoms with Gasteiger partial charge in [0.05, 0.1) is 24.5 Å². The molecule has 2 aromatic heterocycles. The number of hydrogen-bond acceptors (Lipinski definition) is 3. The summed E-state index contributed by atoms with van der Waals surface area (Å²) in [6, 6.07) is 0. The molecule has 0 fully saturated rings. The number of aryl methyl sites for hydroxylation is 1. The fourth-order valence-corrected chi connectivity index (χ4v) is 2.07. The molecule has 0 aromatic carbocycles. The molecule has 0 unspecified atom stereocenters. The first-order chi connectivity index (χ1) is 8.63. The van der Waals surface area contributed by atoms with Crippen LogP contribution in [0.5, 0.6) is 0 Å². The lowest BCUT2D eigenvalue weighted by Gasteiger charge is -2.09. The Morgan fingerprint density at radius 2 is 2.06 bits per heavy atom. The molecular formula is C13H21N5. The molecule has 0 saturated heterocycles. The number of nitrogens with two attached hydrogens (primary N) is 1. The van der Waals surface area contributed by atoms with Gasteiger partial charge in [-0.2, -0.15) is 0 Å². The first-order valence-corrected chi connectivity index (χ1v) is 6.44. The number of nitrogens with zero attached hydrogens (tertiary/aromatic N) is 4. The summed E-state index contributed by atoms with van der Waals surface area (Å²) in [4.78, 5) is 8.62. The Balaban J connectivity index is 2.33. The zero-order valence-electron chi connectivity index (χ0n) is 11.3. The van der Waals surface area contributed by atoms with Crippen molar-refractivity contribution in [3.63, 3.8) is 0 Å². The molecule has 0 amide bonds. The van der Waals surface area contributed by atoms with Gasteiger partial charge in [0.25, 0.3) is 0 Å². The average molecular weight is 247 g/mol. The number of anilines is 1. The highest BCUT2D eigenvalue weighted by Gasteiger charge is 2.14. The van der Waals surface area contributed by atoms with Gasteiger partial charge in [-0.05, 0) is 12.3 Å². The minimum absolute atomic E-state index is 0.551. The van der Waals surface area contributed by atoms with E-state index in [1.54, 1.807) is 0 Å². The monoisotopic (exact) mass is 247 g/mol. The van der Waals surface area contributed by atoms with Crippen molar-refractivity contribution in [1.82, 2.24) is 19.1 Å².